The van der Waals surface area contributed by atoms with Gasteiger partial charge in [-0.05, 0) is 30.0 Å². The summed E-state index contributed by atoms with van der Waals surface area (Å²) in [7, 11) is 0. The molecule has 2 atom stereocenters. The summed E-state index contributed by atoms with van der Waals surface area (Å²) in [4.78, 5) is 22.3. The second-order valence-electron chi connectivity index (χ2n) is 4.81. The molecule has 108 valence electrons. The molecule has 0 spiro atoms. The second kappa shape index (κ2) is 6.85. The van der Waals surface area contributed by atoms with Crippen LogP contribution in [0.15, 0.2) is 28.7 Å². The van der Waals surface area contributed by atoms with Gasteiger partial charge in [0.25, 0.3) is 0 Å². The number of amides is 2. The molecule has 1 aromatic rings. The molecule has 1 aromatic carbocycles. The van der Waals surface area contributed by atoms with Crippen LogP contribution in [0, 0.1) is 5.92 Å². The molecular weight excluding hydrogens is 324 g/mol. The Labute approximate surface area is 126 Å². The van der Waals surface area contributed by atoms with Gasteiger partial charge in [0.05, 0.1) is 6.61 Å². The number of nitrogens with two attached hydrogens (primary N) is 1. The first-order chi connectivity index (χ1) is 9.58. The van der Waals surface area contributed by atoms with E-state index >= 15 is 0 Å². The van der Waals surface area contributed by atoms with Gasteiger partial charge < -0.3 is 15.8 Å². The molecule has 1 aliphatic carbocycles. The first-order valence-corrected chi connectivity index (χ1v) is 7.26. The zero-order valence-electron chi connectivity index (χ0n) is 11.0. The van der Waals surface area contributed by atoms with Crippen LogP contribution in [0.1, 0.15) is 17.9 Å². The van der Waals surface area contributed by atoms with E-state index in [1.807, 2.05) is 24.3 Å². The molecule has 1 fully saturated rings. The van der Waals surface area contributed by atoms with Crippen molar-refractivity contribution in [3.8, 4) is 0 Å². The van der Waals surface area contributed by atoms with Crippen molar-refractivity contribution in [2.75, 3.05) is 19.8 Å². The molecule has 0 aromatic heterocycles. The zero-order chi connectivity index (χ0) is 14.5. The van der Waals surface area contributed by atoms with Gasteiger partial charge in [-0.3, -0.25) is 9.59 Å². The highest BCUT2D eigenvalue weighted by atomic mass is 79.9. The highest BCUT2D eigenvalue weighted by Gasteiger charge is 2.43. The van der Waals surface area contributed by atoms with Gasteiger partial charge in [0, 0.05) is 16.9 Å². The van der Waals surface area contributed by atoms with E-state index in [4.69, 9.17) is 10.5 Å². The Bertz CT molecular complexity index is 490. The maximum absolute atomic E-state index is 11.9. The molecule has 2 rings (SSSR count). The van der Waals surface area contributed by atoms with Crippen LogP contribution in [-0.2, 0) is 14.3 Å². The van der Waals surface area contributed by atoms with Crippen LogP contribution in [0.5, 0.6) is 0 Å². The standard InChI is InChI=1S/C14H17BrN2O3/c15-10-3-1-9(2-4-10)11-7-12(11)14(19)17-5-6-20-8-13(16)18/h1-4,11-12H,5-8H2,(H2,16,18)(H,17,19). The van der Waals surface area contributed by atoms with Crippen LogP contribution in [-0.4, -0.2) is 31.6 Å². The molecule has 3 N–H and O–H groups in total. The minimum atomic E-state index is -0.506. The normalized spacial score (nSPS) is 20.4. The Kier molecular flexibility index (Phi) is 5.14. The van der Waals surface area contributed by atoms with Crippen LogP contribution in [0.4, 0.5) is 0 Å². The lowest BCUT2D eigenvalue weighted by Crippen LogP contribution is -2.30. The summed E-state index contributed by atoms with van der Waals surface area (Å²) in [5, 5.41) is 2.80. The van der Waals surface area contributed by atoms with Crippen LogP contribution in [0.3, 0.4) is 0 Å². The van der Waals surface area contributed by atoms with Crippen LogP contribution in [0.25, 0.3) is 0 Å². The van der Waals surface area contributed by atoms with Crippen molar-refractivity contribution in [1.29, 1.82) is 0 Å². The average molecular weight is 341 g/mol. The number of ether oxygens (including phenoxy) is 1. The summed E-state index contributed by atoms with van der Waals surface area (Å²) in [5.41, 5.74) is 6.12. The van der Waals surface area contributed by atoms with Gasteiger partial charge in [0.1, 0.15) is 6.61 Å². The third-order valence-corrected chi connectivity index (χ3v) is 3.74. The van der Waals surface area contributed by atoms with Gasteiger partial charge in [-0.2, -0.15) is 0 Å². The number of carbonyl (C=O) groups excluding carboxylic acids is 2. The van der Waals surface area contributed by atoms with Crippen molar-refractivity contribution in [3.05, 3.63) is 34.3 Å². The van der Waals surface area contributed by atoms with Gasteiger partial charge in [0.15, 0.2) is 0 Å². The fraction of sp³-hybridized carbons (Fsp3) is 0.429. The Morgan fingerprint density at radius 2 is 2.05 bits per heavy atom. The molecule has 2 amide bonds. The largest absolute Gasteiger partial charge is 0.370 e. The number of carbonyl (C=O) groups is 2. The van der Waals surface area contributed by atoms with E-state index in [-0.39, 0.29) is 18.4 Å². The van der Waals surface area contributed by atoms with E-state index in [2.05, 4.69) is 21.2 Å². The number of benzene rings is 1. The molecule has 0 aliphatic heterocycles. The fourth-order valence-electron chi connectivity index (χ4n) is 2.11. The number of primary amides is 1. The van der Waals surface area contributed by atoms with Crippen molar-refractivity contribution in [1.82, 2.24) is 5.32 Å². The zero-order valence-corrected chi connectivity index (χ0v) is 12.6. The van der Waals surface area contributed by atoms with Gasteiger partial charge >= 0.3 is 0 Å². The molecule has 5 nitrogen and oxygen atoms in total. The number of hydrogen-bond donors (Lipinski definition) is 2. The summed E-state index contributed by atoms with van der Waals surface area (Å²) < 4.78 is 6.01. The van der Waals surface area contributed by atoms with E-state index in [1.165, 1.54) is 5.56 Å². The first-order valence-electron chi connectivity index (χ1n) is 6.47. The topological polar surface area (TPSA) is 81.4 Å². The molecule has 1 aliphatic rings. The number of nitrogens with one attached hydrogen (secondary N) is 1. The molecule has 20 heavy (non-hydrogen) atoms. The average Bonchev–Trinajstić information content (AvgIpc) is 3.19. The van der Waals surface area contributed by atoms with E-state index < -0.39 is 5.91 Å². The monoisotopic (exact) mass is 340 g/mol. The Morgan fingerprint density at radius 1 is 1.35 bits per heavy atom. The van der Waals surface area contributed by atoms with Gasteiger partial charge in [-0.15, -0.1) is 0 Å². The van der Waals surface area contributed by atoms with Gasteiger partial charge in [0.2, 0.25) is 11.8 Å². The van der Waals surface area contributed by atoms with Crippen molar-refractivity contribution >= 4 is 27.7 Å². The maximum atomic E-state index is 11.9. The van der Waals surface area contributed by atoms with Crippen LogP contribution < -0.4 is 11.1 Å². The van der Waals surface area contributed by atoms with Crippen molar-refractivity contribution in [3.63, 3.8) is 0 Å². The summed E-state index contributed by atoms with van der Waals surface area (Å²) in [6.45, 7) is 0.584. The first kappa shape index (κ1) is 15.0. The van der Waals surface area contributed by atoms with Gasteiger partial charge in [-0.25, -0.2) is 0 Å². The number of halogens is 1. The molecular formula is C14H17BrN2O3. The smallest absolute Gasteiger partial charge is 0.243 e. The van der Waals surface area contributed by atoms with Crippen LogP contribution >= 0.6 is 15.9 Å². The van der Waals surface area contributed by atoms with Crippen molar-refractivity contribution in [2.45, 2.75) is 12.3 Å². The molecule has 0 bridgehead atoms. The van der Waals surface area contributed by atoms with E-state index in [1.54, 1.807) is 0 Å². The number of rotatable bonds is 7. The molecule has 1 saturated carbocycles. The predicted molar refractivity (Wildman–Crippen MR) is 78.0 cm³/mol. The Hall–Kier alpha value is -1.40. The Balaban J connectivity index is 1.68. The molecule has 6 heteroatoms. The van der Waals surface area contributed by atoms with E-state index in [9.17, 15) is 9.59 Å². The second-order valence-corrected chi connectivity index (χ2v) is 5.73. The Morgan fingerprint density at radius 3 is 2.70 bits per heavy atom. The third kappa shape index (κ3) is 4.31. The quantitative estimate of drug-likeness (QED) is 0.731. The lowest BCUT2D eigenvalue weighted by Gasteiger charge is -2.05. The highest BCUT2D eigenvalue weighted by molar-refractivity contribution is 9.10. The summed E-state index contributed by atoms with van der Waals surface area (Å²) in [6.07, 6.45) is 0.885. The minimum absolute atomic E-state index is 0.0422. The molecule has 0 heterocycles. The molecule has 0 radical (unpaired) electrons. The van der Waals surface area contributed by atoms with Crippen molar-refractivity contribution in [2.24, 2.45) is 11.7 Å². The van der Waals surface area contributed by atoms with Crippen LogP contribution in [0.2, 0.25) is 0 Å². The summed E-state index contributed by atoms with van der Waals surface area (Å²) in [5.74, 6) is -0.101. The van der Waals surface area contributed by atoms with E-state index in [0.29, 0.717) is 19.1 Å². The predicted octanol–water partition coefficient (Wildman–Crippen LogP) is 1.17. The molecule has 0 saturated heterocycles. The summed E-state index contributed by atoms with van der Waals surface area (Å²) in [6, 6.07) is 8.05. The fourth-order valence-corrected chi connectivity index (χ4v) is 2.38. The lowest BCUT2D eigenvalue weighted by atomic mass is 10.1. The lowest BCUT2D eigenvalue weighted by molar-refractivity contribution is -0.123. The summed E-state index contributed by atoms with van der Waals surface area (Å²) >= 11 is 3.39. The SMILES string of the molecule is NC(=O)COCCNC(=O)C1CC1c1ccc(Br)cc1. The van der Waals surface area contributed by atoms with Crippen molar-refractivity contribution < 1.29 is 14.3 Å². The third-order valence-electron chi connectivity index (χ3n) is 3.22. The molecule has 2 unspecified atom stereocenters. The number of hydrogen-bond acceptors (Lipinski definition) is 3. The minimum Gasteiger partial charge on any atom is -0.370 e. The van der Waals surface area contributed by atoms with E-state index in [0.717, 1.165) is 10.9 Å². The van der Waals surface area contributed by atoms with Gasteiger partial charge in [-0.1, -0.05) is 28.1 Å². The highest BCUT2D eigenvalue weighted by Crippen LogP contribution is 2.47. The maximum Gasteiger partial charge on any atom is 0.243 e.